The highest BCUT2D eigenvalue weighted by molar-refractivity contribution is 5.19. The summed E-state index contributed by atoms with van der Waals surface area (Å²) in [6, 6.07) is 4.48. The molecule has 1 nitrogen and oxygen atoms in total. The van der Waals surface area contributed by atoms with Crippen molar-refractivity contribution in [2.45, 2.75) is 58.4 Å². The van der Waals surface area contributed by atoms with Gasteiger partial charge in [0.25, 0.3) is 0 Å². The molecule has 1 aromatic carbocycles. The maximum Gasteiger partial charge on any atom is 0.129 e. The SMILES string of the molecule is CC(C)NCC1CCCCCC1Cc1ccc(F)cc1F. The minimum Gasteiger partial charge on any atom is -0.314 e. The molecule has 1 aromatic rings. The van der Waals surface area contributed by atoms with Gasteiger partial charge >= 0.3 is 0 Å². The number of rotatable bonds is 5. The van der Waals surface area contributed by atoms with Crippen LogP contribution in [0.2, 0.25) is 0 Å². The van der Waals surface area contributed by atoms with Crippen LogP contribution in [0.25, 0.3) is 0 Å². The van der Waals surface area contributed by atoms with Gasteiger partial charge in [-0.05, 0) is 49.3 Å². The molecule has 0 spiro atoms. The first-order chi connectivity index (χ1) is 10.1. The van der Waals surface area contributed by atoms with E-state index in [9.17, 15) is 8.78 Å². The second-order valence-electron chi connectivity index (χ2n) is 6.66. The Morgan fingerprint density at radius 2 is 1.81 bits per heavy atom. The van der Waals surface area contributed by atoms with Gasteiger partial charge in [0, 0.05) is 12.1 Å². The molecule has 1 aliphatic carbocycles. The van der Waals surface area contributed by atoms with E-state index in [4.69, 9.17) is 0 Å². The monoisotopic (exact) mass is 295 g/mol. The van der Waals surface area contributed by atoms with Gasteiger partial charge in [-0.3, -0.25) is 0 Å². The zero-order chi connectivity index (χ0) is 15.2. The van der Waals surface area contributed by atoms with Crippen molar-refractivity contribution < 1.29 is 8.78 Å². The Hall–Kier alpha value is -0.960. The molecule has 2 rings (SSSR count). The summed E-state index contributed by atoms with van der Waals surface area (Å²) in [6.45, 7) is 5.32. The van der Waals surface area contributed by atoms with E-state index in [2.05, 4.69) is 19.2 Å². The van der Waals surface area contributed by atoms with Gasteiger partial charge in [0.1, 0.15) is 11.6 Å². The van der Waals surface area contributed by atoms with E-state index in [1.165, 1.54) is 31.7 Å². The fourth-order valence-electron chi connectivity index (χ4n) is 3.36. The van der Waals surface area contributed by atoms with E-state index >= 15 is 0 Å². The van der Waals surface area contributed by atoms with Crippen molar-refractivity contribution in [2.75, 3.05) is 6.54 Å². The minimum atomic E-state index is -0.491. The second kappa shape index (κ2) is 7.88. The van der Waals surface area contributed by atoms with Crippen molar-refractivity contribution >= 4 is 0 Å². The van der Waals surface area contributed by atoms with Crippen LogP contribution in [-0.4, -0.2) is 12.6 Å². The molecule has 0 aromatic heterocycles. The molecule has 3 heteroatoms. The topological polar surface area (TPSA) is 12.0 Å². The zero-order valence-electron chi connectivity index (χ0n) is 13.2. The van der Waals surface area contributed by atoms with Crippen molar-refractivity contribution in [1.82, 2.24) is 5.32 Å². The third kappa shape index (κ3) is 5.06. The lowest BCUT2D eigenvalue weighted by Gasteiger charge is -2.26. The van der Waals surface area contributed by atoms with Gasteiger partial charge in [-0.2, -0.15) is 0 Å². The zero-order valence-corrected chi connectivity index (χ0v) is 13.2. The van der Waals surface area contributed by atoms with Crippen molar-refractivity contribution in [3.05, 3.63) is 35.4 Å². The van der Waals surface area contributed by atoms with Crippen LogP contribution < -0.4 is 5.32 Å². The molecule has 118 valence electrons. The van der Waals surface area contributed by atoms with E-state index in [1.807, 2.05) is 0 Å². The molecule has 21 heavy (non-hydrogen) atoms. The number of hydrogen-bond acceptors (Lipinski definition) is 1. The van der Waals surface area contributed by atoms with Crippen LogP contribution in [0, 0.1) is 23.5 Å². The molecule has 0 radical (unpaired) electrons. The van der Waals surface area contributed by atoms with Gasteiger partial charge in [0.05, 0.1) is 0 Å². The molecule has 2 unspecified atom stereocenters. The molecule has 1 fully saturated rings. The largest absolute Gasteiger partial charge is 0.314 e. The minimum absolute atomic E-state index is 0.394. The van der Waals surface area contributed by atoms with Crippen molar-refractivity contribution in [3.8, 4) is 0 Å². The molecule has 1 aliphatic rings. The highest BCUT2D eigenvalue weighted by Crippen LogP contribution is 2.31. The fraction of sp³-hybridized carbons (Fsp3) is 0.667. The third-order valence-corrected chi connectivity index (χ3v) is 4.60. The lowest BCUT2D eigenvalue weighted by molar-refractivity contribution is 0.288. The normalized spacial score (nSPS) is 23.3. The number of nitrogens with one attached hydrogen (secondary N) is 1. The van der Waals surface area contributed by atoms with Gasteiger partial charge in [0.15, 0.2) is 0 Å². The van der Waals surface area contributed by atoms with E-state index in [0.29, 0.717) is 23.4 Å². The highest BCUT2D eigenvalue weighted by Gasteiger charge is 2.24. The molecule has 0 amide bonds. The summed E-state index contributed by atoms with van der Waals surface area (Å²) < 4.78 is 26.9. The molecule has 1 saturated carbocycles. The van der Waals surface area contributed by atoms with Crippen LogP contribution in [0.5, 0.6) is 0 Å². The Bertz CT molecular complexity index is 445. The average molecular weight is 295 g/mol. The first-order valence-electron chi connectivity index (χ1n) is 8.23. The summed E-state index contributed by atoms with van der Waals surface area (Å²) in [5.41, 5.74) is 0.665. The van der Waals surface area contributed by atoms with Crippen molar-refractivity contribution in [1.29, 1.82) is 0 Å². The first-order valence-corrected chi connectivity index (χ1v) is 8.23. The standard InChI is InChI=1S/C18H27F2N/c1-13(2)21-12-16-7-5-3-4-6-14(16)10-15-8-9-17(19)11-18(15)20/h8-9,11,13-14,16,21H,3-7,10,12H2,1-2H3. The molecule has 0 saturated heterocycles. The van der Waals surface area contributed by atoms with E-state index in [-0.39, 0.29) is 0 Å². The number of benzene rings is 1. The summed E-state index contributed by atoms with van der Waals surface area (Å²) in [4.78, 5) is 0. The molecule has 0 aliphatic heterocycles. The predicted octanol–water partition coefficient (Wildman–Crippen LogP) is 4.70. The summed E-state index contributed by atoms with van der Waals surface area (Å²) in [7, 11) is 0. The molecular formula is C18H27F2N. The summed E-state index contributed by atoms with van der Waals surface area (Å²) >= 11 is 0. The van der Waals surface area contributed by atoms with Crippen molar-refractivity contribution in [3.63, 3.8) is 0 Å². The second-order valence-corrected chi connectivity index (χ2v) is 6.66. The summed E-state index contributed by atoms with van der Waals surface area (Å²) in [5.74, 6) is 0.211. The third-order valence-electron chi connectivity index (χ3n) is 4.60. The van der Waals surface area contributed by atoms with E-state index in [0.717, 1.165) is 25.5 Å². The van der Waals surface area contributed by atoms with Crippen LogP contribution >= 0.6 is 0 Å². The summed E-state index contributed by atoms with van der Waals surface area (Å²) in [6.07, 6.45) is 6.88. The number of hydrogen-bond donors (Lipinski definition) is 1. The highest BCUT2D eigenvalue weighted by atomic mass is 19.1. The smallest absolute Gasteiger partial charge is 0.129 e. The fourth-order valence-corrected chi connectivity index (χ4v) is 3.36. The van der Waals surface area contributed by atoms with Gasteiger partial charge in [0.2, 0.25) is 0 Å². The average Bonchev–Trinajstić information content (AvgIpc) is 2.65. The van der Waals surface area contributed by atoms with Gasteiger partial charge in [-0.25, -0.2) is 8.78 Å². The van der Waals surface area contributed by atoms with Gasteiger partial charge in [-0.15, -0.1) is 0 Å². The maximum absolute atomic E-state index is 13.9. The Morgan fingerprint density at radius 1 is 1.10 bits per heavy atom. The molecule has 2 atom stereocenters. The van der Waals surface area contributed by atoms with E-state index < -0.39 is 11.6 Å². The molecule has 1 N–H and O–H groups in total. The molecule has 0 bridgehead atoms. The predicted molar refractivity (Wildman–Crippen MR) is 83.3 cm³/mol. The molecule has 0 heterocycles. The molecular weight excluding hydrogens is 268 g/mol. The van der Waals surface area contributed by atoms with Crippen LogP contribution in [0.3, 0.4) is 0 Å². The Balaban J connectivity index is 2.05. The maximum atomic E-state index is 13.9. The quantitative estimate of drug-likeness (QED) is 0.776. The Morgan fingerprint density at radius 3 is 2.48 bits per heavy atom. The Kier molecular flexibility index (Phi) is 6.16. The summed E-state index contributed by atoms with van der Waals surface area (Å²) in [5, 5.41) is 3.53. The van der Waals surface area contributed by atoms with Crippen LogP contribution in [-0.2, 0) is 6.42 Å². The van der Waals surface area contributed by atoms with Crippen LogP contribution in [0.15, 0.2) is 18.2 Å². The van der Waals surface area contributed by atoms with Gasteiger partial charge in [-0.1, -0.05) is 39.2 Å². The van der Waals surface area contributed by atoms with Gasteiger partial charge < -0.3 is 5.32 Å². The number of halogens is 2. The Labute approximate surface area is 127 Å². The van der Waals surface area contributed by atoms with E-state index in [1.54, 1.807) is 6.07 Å². The van der Waals surface area contributed by atoms with Crippen molar-refractivity contribution in [2.24, 2.45) is 11.8 Å². The lowest BCUT2D eigenvalue weighted by Crippen LogP contribution is -2.33. The first kappa shape index (κ1) is 16.4. The van der Waals surface area contributed by atoms with Crippen LogP contribution in [0.1, 0.15) is 51.5 Å². The van der Waals surface area contributed by atoms with Crippen LogP contribution in [0.4, 0.5) is 8.78 Å². The lowest BCUT2D eigenvalue weighted by atomic mass is 9.83.